The molecule has 0 saturated heterocycles. The maximum absolute atomic E-state index is 13.0. The van der Waals surface area contributed by atoms with Crippen molar-refractivity contribution < 1.29 is 43.0 Å². The molecule has 1 unspecified atom stereocenters. The van der Waals surface area contributed by atoms with E-state index in [0.29, 0.717) is 25.4 Å². The Morgan fingerprint density at radius 1 is 0.778 bits per heavy atom. The Hall–Kier alpha value is -4.20. The molecule has 1 aromatic rings. The van der Waals surface area contributed by atoms with E-state index in [4.69, 9.17) is 14.2 Å². The zero-order valence-corrected chi connectivity index (χ0v) is 26.2. The van der Waals surface area contributed by atoms with Crippen LogP contribution in [-0.2, 0) is 44.6 Å². The fourth-order valence-corrected chi connectivity index (χ4v) is 3.93. The predicted molar refractivity (Wildman–Crippen MR) is 163 cm³/mol. The first-order valence-electron chi connectivity index (χ1n) is 15.5. The van der Waals surface area contributed by atoms with Crippen molar-refractivity contribution in [2.24, 2.45) is 5.92 Å². The topological polar surface area (TPSA) is 190 Å². The highest BCUT2D eigenvalue weighted by Gasteiger charge is 2.31. The van der Waals surface area contributed by atoms with E-state index in [1.54, 1.807) is 24.3 Å². The first-order valence-corrected chi connectivity index (χ1v) is 15.5. The molecule has 1 aromatic carbocycles. The fourth-order valence-electron chi connectivity index (χ4n) is 3.93. The third kappa shape index (κ3) is 17.0. The standard InChI is InChI=1S/C31H47N5O9/c1-3-5-14-43-30(41)25(17-23-12-13-23)45-21-35-27(38)18-33-29(40)24(16-22-10-8-7-9-11-22)36-28(39)20-32-26(37)19-34-31(42)44-15-6-4-2/h7-11,23-25H,3-6,12-21H2,1-2H3,(H,32,37)(H,33,40)(H,34,42)(H,35,38)(H,36,39)/t24-,25?/m0/s1. The van der Waals surface area contributed by atoms with Gasteiger partial charge in [0.25, 0.3) is 0 Å². The lowest BCUT2D eigenvalue weighted by molar-refractivity contribution is -0.159. The largest absolute Gasteiger partial charge is 0.464 e. The monoisotopic (exact) mass is 633 g/mol. The van der Waals surface area contributed by atoms with E-state index in [-0.39, 0.29) is 26.3 Å². The van der Waals surface area contributed by atoms with E-state index in [9.17, 15) is 28.8 Å². The summed E-state index contributed by atoms with van der Waals surface area (Å²) in [4.78, 5) is 74.0. The molecule has 5 amide bonds. The Kier molecular flexibility index (Phi) is 17.7. The predicted octanol–water partition coefficient (Wildman–Crippen LogP) is 1.07. The molecule has 0 bridgehead atoms. The molecule has 14 heteroatoms. The van der Waals surface area contributed by atoms with Crippen LogP contribution in [0.4, 0.5) is 4.79 Å². The van der Waals surface area contributed by atoms with E-state index in [1.807, 2.05) is 19.9 Å². The van der Waals surface area contributed by atoms with Crippen LogP contribution in [0.3, 0.4) is 0 Å². The summed E-state index contributed by atoms with van der Waals surface area (Å²) >= 11 is 0. The second-order valence-electron chi connectivity index (χ2n) is 10.7. The molecule has 1 saturated carbocycles. The molecule has 45 heavy (non-hydrogen) atoms. The van der Waals surface area contributed by atoms with Crippen LogP contribution in [0.15, 0.2) is 30.3 Å². The van der Waals surface area contributed by atoms with Gasteiger partial charge in [0.05, 0.1) is 26.3 Å². The van der Waals surface area contributed by atoms with Crippen LogP contribution < -0.4 is 26.6 Å². The SMILES string of the molecule is CCCCOC(=O)NCC(=O)NCC(=O)N[C@@H](Cc1ccccc1)C(=O)NCC(=O)NCOC(CC1CC1)C(=O)OCCCC. The van der Waals surface area contributed by atoms with E-state index >= 15 is 0 Å². The van der Waals surface area contributed by atoms with Crippen molar-refractivity contribution in [2.75, 3.05) is 39.6 Å². The molecule has 0 aromatic heterocycles. The summed E-state index contributed by atoms with van der Waals surface area (Å²) in [5.41, 5.74) is 0.762. The third-order valence-corrected chi connectivity index (χ3v) is 6.73. The maximum atomic E-state index is 13.0. The summed E-state index contributed by atoms with van der Waals surface area (Å²) < 4.78 is 15.8. The van der Waals surface area contributed by atoms with Crippen LogP contribution in [0.25, 0.3) is 0 Å². The maximum Gasteiger partial charge on any atom is 0.407 e. The van der Waals surface area contributed by atoms with Crippen LogP contribution in [0.2, 0.25) is 0 Å². The molecule has 250 valence electrons. The third-order valence-electron chi connectivity index (χ3n) is 6.73. The van der Waals surface area contributed by atoms with Gasteiger partial charge < -0.3 is 40.8 Å². The van der Waals surface area contributed by atoms with Crippen molar-refractivity contribution in [3.05, 3.63) is 35.9 Å². The van der Waals surface area contributed by atoms with Crippen molar-refractivity contribution in [3.8, 4) is 0 Å². The number of carbonyl (C=O) groups is 6. The molecule has 2 rings (SSSR count). The minimum Gasteiger partial charge on any atom is -0.464 e. The van der Waals surface area contributed by atoms with E-state index in [1.165, 1.54) is 0 Å². The zero-order chi connectivity index (χ0) is 32.9. The smallest absolute Gasteiger partial charge is 0.407 e. The van der Waals surface area contributed by atoms with Gasteiger partial charge >= 0.3 is 12.1 Å². The summed E-state index contributed by atoms with van der Waals surface area (Å²) in [6.45, 7) is 3.05. The average Bonchev–Trinajstić information content (AvgIpc) is 3.85. The number of amides is 5. The molecule has 2 atom stereocenters. The molecule has 0 aliphatic heterocycles. The molecular weight excluding hydrogens is 586 g/mol. The van der Waals surface area contributed by atoms with Crippen LogP contribution in [0, 0.1) is 5.92 Å². The normalized spacial score (nSPS) is 13.5. The number of rotatable bonds is 22. The van der Waals surface area contributed by atoms with Crippen molar-refractivity contribution in [1.82, 2.24) is 26.6 Å². The molecular formula is C31H47N5O9. The first-order chi connectivity index (χ1) is 21.7. The van der Waals surface area contributed by atoms with Gasteiger partial charge in [-0.05, 0) is 30.7 Å². The van der Waals surface area contributed by atoms with Crippen LogP contribution in [0.1, 0.15) is 64.4 Å². The Morgan fingerprint density at radius 3 is 2.07 bits per heavy atom. The van der Waals surface area contributed by atoms with E-state index in [2.05, 4.69) is 26.6 Å². The molecule has 1 aliphatic rings. The lowest BCUT2D eigenvalue weighted by atomic mass is 10.1. The zero-order valence-electron chi connectivity index (χ0n) is 26.2. The molecule has 0 heterocycles. The minimum absolute atomic E-state index is 0.130. The highest BCUT2D eigenvalue weighted by molar-refractivity contribution is 5.92. The lowest BCUT2D eigenvalue weighted by Gasteiger charge is -2.19. The minimum atomic E-state index is -1.05. The summed E-state index contributed by atoms with van der Waals surface area (Å²) in [6, 6.07) is 7.91. The second kappa shape index (κ2) is 21.5. The molecule has 0 radical (unpaired) electrons. The van der Waals surface area contributed by atoms with Crippen molar-refractivity contribution in [2.45, 2.75) is 77.4 Å². The Bertz CT molecular complexity index is 1100. The van der Waals surface area contributed by atoms with Gasteiger partial charge in [0.15, 0.2) is 6.10 Å². The fraction of sp³-hybridized carbons (Fsp3) is 0.613. The number of ether oxygens (including phenoxy) is 3. The van der Waals surface area contributed by atoms with E-state index < -0.39 is 60.9 Å². The van der Waals surface area contributed by atoms with Crippen molar-refractivity contribution in [1.29, 1.82) is 0 Å². The van der Waals surface area contributed by atoms with Gasteiger partial charge in [-0.1, -0.05) is 69.9 Å². The average molecular weight is 634 g/mol. The van der Waals surface area contributed by atoms with Crippen molar-refractivity contribution in [3.63, 3.8) is 0 Å². The number of esters is 1. The molecule has 14 nitrogen and oxygen atoms in total. The summed E-state index contributed by atoms with van der Waals surface area (Å²) in [6.07, 6.45) is 4.42. The highest BCUT2D eigenvalue weighted by Crippen LogP contribution is 2.34. The number of unbranched alkanes of at least 4 members (excludes halogenated alkanes) is 2. The Balaban J connectivity index is 1.80. The molecule has 0 spiro atoms. The number of nitrogens with one attached hydrogen (secondary N) is 5. The number of alkyl carbamates (subject to hydrolysis) is 1. The van der Waals surface area contributed by atoms with Gasteiger partial charge in [0.1, 0.15) is 19.3 Å². The Labute approximate surface area is 264 Å². The number of hydrogen-bond acceptors (Lipinski definition) is 9. The number of hydrogen-bond donors (Lipinski definition) is 5. The first kappa shape index (κ1) is 37.0. The number of benzene rings is 1. The number of carbonyl (C=O) groups excluding carboxylic acids is 6. The van der Waals surface area contributed by atoms with Crippen LogP contribution >= 0.6 is 0 Å². The summed E-state index contributed by atoms with van der Waals surface area (Å²) in [5.74, 6) is -2.47. The lowest BCUT2D eigenvalue weighted by Crippen LogP contribution is -2.52. The van der Waals surface area contributed by atoms with Crippen LogP contribution in [0.5, 0.6) is 0 Å². The van der Waals surface area contributed by atoms with Crippen molar-refractivity contribution >= 4 is 35.7 Å². The van der Waals surface area contributed by atoms with E-state index in [0.717, 1.165) is 37.7 Å². The molecule has 1 fully saturated rings. The highest BCUT2D eigenvalue weighted by atomic mass is 16.6. The quantitative estimate of drug-likeness (QED) is 0.0707. The van der Waals surface area contributed by atoms with Gasteiger partial charge in [-0.25, -0.2) is 9.59 Å². The van der Waals surface area contributed by atoms with Gasteiger partial charge in [-0.3, -0.25) is 19.2 Å². The summed E-state index contributed by atoms with van der Waals surface area (Å²) in [5, 5.41) is 12.3. The van der Waals surface area contributed by atoms with Gasteiger partial charge in [-0.15, -0.1) is 0 Å². The molecule has 5 N–H and O–H groups in total. The van der Waals surface area contributed by atoms with Gasteiger partial charge in [0, 0.05) is 6.42 Å². The second-order valence-corrected chi connectivity index (χ2v) is 10.7. The van der Waals surface area contributed by atoms with Crippen LogP contribution in [-0.4, -0.2) is 87.4 Å². The van der Waals surface area contributed by atoms with Gasteiger partial charge in [0.2, 0.25) is 23.6 Å². The summed E-state index contributed by atoms with van der Waals surface area (Å²) in [7, 11) is 0. The Morgan fingerprint density at radius 2 is 1.40 bits per heavy atom. The molecule has 1 aliphatic carbocycles. The van der Waals surface area contributed by atoms with Gasteiger partial charge in [-0.2, -0.15) is 0 Å².